The number of rotatable bonds is 4. The largest absolute Gasteiger partial charge is 0.345 e. The van der Waals surface area contributed by atoms with Gasteiger partial charge in [-0.1, -0.05) is 19.4 Å². The van der Waals surface area contributed by atoms with Crippen LogP contribution >= 0.6 is 0 Å². The van der Waals surface area contributed by atoms with Gasteiger partial charge in [0.25, 0.3) is 0 Å². The molecule has 0 saturated carbocycles. The van der Waals surface area contributed by atoms with Crippen LogP contribution in [0.25, 0.3) is 0 Å². The summed E-state index contributed by atoms with van der Waals surface area (Å²) in [6.45, 7) is 4.18. The summed E-state index contributed by atoms with van der Waals surface area (Å²) in [6, 6.07) is 4.07. The van der Waals surface area contributed by atoms with Gasteiger partial charge in [-0.2, -0.15) is 0 Å². The van der Waals surface area contributed by atoms with Crippen molar-refractivity contribution in [2.24, 2.45) is 0 Å². The first-order valence-electron chi connectivity index (χ1n) is 6.85. The standard InChI is InChI=1S/C15H19FN2O2/c1-3-4-13-15(20)17-8-14(19)18(13)9-11-5-6-12(16)7-10(11)2/h5-7,13H,3-4,8-9H2,1-2H3,(H,17,20). The van der Waals surface area contributed by atoms with E-state index in [4.69, 9.17) is 0 Å². The van der Waals surface area contributed by atoms with Crippen LogP contribution in [0, 0.1) is 12.7 Å². The van der Waals surface area contributed by atoms with E-state index >= 15 is 0 Å². The second kappa shape index (κ2) is 6.03. The van der Waals surface area contributed by atoms with Crippen LogP contribution in [0.3, 0.4) is 0 Å². The molecule has 4 nitrogen and oxygen atoms in total. The third-order valence-electron chi connectivity index (χ3n) is 3.62. The highest BCUT2D eigenvalue weighted by molar-refractivity contribution is 5.94. The average Bonchev–Trinajstić information content (AvgIpc) is 2.40. The zero-order valence-electron chi connectivity index (χ0n) is 11.8. The molecule has 2 rings (SSSR count). The molecule has 0 radical (unpaired) electrons. The zero-order chi connectivity index (χ0) is 14.7. The van der Waals surface area contributed by atoms with Gasteiger partial charge in [-0.25, -0.2) is 4.39 Å². The molecule has 1 aromatic carbocycles. The first-order chi connectivity index (χ1) is 9.52. The Hall–Kier alpha value is -1.91. The molecule has 1 aliphatic heterocycles. The van der Waals surface area contributed by atoms with E-state index in [1.807, 2.05) is 13.8 Å². The maximum atomic E-state index is 13.1. The Balaban J connectivity index is 2.23. The molecule has 0 aliphatic carbocycles. The first-order valence-corrected chi connectivity index (χ1v) is 6.85. The van der Waals surface area contributed by atoms with Crippen LogP contribution in [-0.4, -0.2) is 29.3 Å². The summed E-state index contributed by atoms with van der Waals surface area (Å²) in [5.41, 5.74) is 1.66. The number of halogens is 1. The quantitative estimate of drug-likeness (QED) is 0.912. The van der Waals surface area contributed by atoms with Gasteiger partial charge in [-0.15, -0.1) is 0 Å². The molecule has 1 aromatic rings. The van der Waals surface area contributed by atoms with E-state index in [9.17, 15) is 14.0 Å². The lowest BCUT2D eigenvalue weighted by Gasteiger charge is -2.35. The van der Waals surface area contributed by atoms with E-state index in [1.54, 1.807) is 11.0 Å². The molecule has 1 N–H and O–H groups in total. The Bertz CT molecular complexity index is 531. The summed E-state index contributed by atoms with van der Waals surface area (Å²) >= 11 is 0. The molecule has 0 spiro atoms. The van der Waals surface area contributed by atoms with E-state index in [0.717, 1.165) is 17.5 Å². The molecular weight excluding hydrogens is 259 g/mol. The minimum absolute atomic E-state index is 0.0410. The number of amides is 2. The van der Waals surface area contributed by atoms with E-state index in [-0.39, 0.29) is 24.2 Å². The molecule has 1 saturated heterocycles. The summed E-state index contributed by atoms with van der Waals surface area (Å²) < 4.78 is 13.1. The maximum Gasteiger partial charge on any atom is 0.243 e. The molecule has 2 amide bonds. The van der Waals surface area contributed by atoms with Gasteiger partial charge in [0.2, 0.25) is 11.8 Å². The Morgan fingerprint density at radius 3 is 2.80 bits per heavy atom. The van der Waals surface area contributed by atoms with Crippen molar-refractivity contribution in [2.45, 2.75) is 39.3 Å². The number of carbonyl (C=O) groups excluding carboxylic acids is 2. The fourth-order valence-corrected chi connectivity index (χ4v) is 2.48. The lowest BCUT2D eigenvalue weighted by molar-refractivity contribution is -0.146. The molecule has 1 unspecified atom stereocenters. The SMILES string of the molecule is CCCC1C(=O)NCC(=O)N1Cc1ccc(F)cc1C. The lowest BCUT2D eigenvalue weighted by Crippen LogP contribution is -2.57. The summed E-state index contributed by atoms with van der Waals surface area (Å²) in [5.74, 6) is -0.489. The van der Waals surface area contributed by atoms with E-state index < -0.39 is 6.04 Å². The molecule has 1 atom stereocenters. The van der Waals surface area contributed by atoms with Crippen molar-refractivity contribution in [1.82, 2.24) is 10.2 Å². The van der Waals surface area contributed by atoms with Crippen LogP contribution < -0.4 is 5.32 Å². The molecule has 5 heteroatoms. The summed E-state index contributed by atoms with van der Waals surface area (Å²) in [4.78, 5) is 25.5. The Morgan fingerprint density at radius 1 is 1.40 bits per heavy atom. The number of hydrogen-bond acceptors (Lipinski definition) is 2. The molecule has 1 fully saturated rings. The smallest absolute Gasteiger partial charge is 0.243 e. The maximum absolute atomic E-state index is 13.1. The fourth-order valence-electron chi connectivity index (χ4n) is 2.48. The minimum atomic E-state index is -0.425. The molecule has 0 bridgehead atoms. The van der Waals surface area contributed by atoms with E-state index in [1.165, 1.54) is 12.1 Å². The highest BCUT2D eigenvalue weighted by Crippen LogP contribution is 2.18. The van der Waals surface area contributed by atoms with Crippen molar-refractivity contribution >= 4 is 11.8 Å². The average molecular weight is 278 g/mol. The molecule has 0 aromatic heterocycles. The highest BCUT2D eigenvalue weighted by atomic mass is 19.1. The summed E-state index contributed by atoms with van der Waals surface area (Å²) in [6.07, 6.45) is 1.46. The van der Waals surface area contributed by atoms with E-state index in [2.05, 4.69) is 5.32 Å². The number of benzene rings is 1. The number of nitrogens with one attached hydrogen (secondary N) is 1. The predicted octanol–water partition coefficient (Wildman–Crippen LogP) is 1.76. The normalized spacial score (nSPS) is 19.1. The van der Waals surface area contributed by atoms with Crippen LogP contribution in [0.15, 0.2) is 18.2 Å². The molecule has 108 valence electrons. The van der Waals surface area contributed by atoms with Gasteiger partial charge in [-0.3, -0.25) is 9.59 Å². The molecule has 20 heavy (non-hydrogen) atoms. The van der Waals surface area contributed by atoms with Crippen LogP contribution in [0.1, 0.15) is 30.9 Å². The number of nitrogens with zero attached hydrogens (tertiary/aromatic N) is 1. The van der Waals surface area contributed by atoms with Gasteiger partial charge in [-0.05, 0) is 36.6 Å². The summed E-state index contributed by atoms with van der Waals surface area (Å²) in [5, 5.41) is 2.62. The van der Waals surface area contributed by atoms with Crippen LogP contribution in [0.2, 0.25) is 0 Å². The topological polar surface area (TPSA) is 49.4 Å². The van der Waals surface area contributed by atoms with Crippen molar-refractivity contribution in [3.8, 4) is 0 Å². The fraction of sp³-hybridized carbons (Fsp3) is 0.467. The molecular formula is C15H19FN2O2. The molecule has 1 aliphatic rings. The predicted molar refractivity (Wildman–Crippen MR) is 73.4 cm³/mol. The number of piperazine rings is 1. The monoisotopic (exact) mass is 278 g/mol. The lowest BCUT2D eigenvalue weighted by atomic mass is 10.0. The second-order valence-electron chi connectivity index (χ2n) is 5.11. The minimum Gasteiger partial charge on any atom is -0.345 e. The Morgan fingerprint density at radius 2 is 2.15 bits per heavy atom. The van der Waals surface area contributed by atoms with Crippen molar-refractivity contribution in [3.63, 3.8) is 0 Å². The Labute approximate surface area is 118 Å². The van der Waals surface area contributed by atoms with Gasteiger partial charge in [0, 0.05) is 6.54 Å². The van der Waals surface area contributed by atoms with Crippen molar-refractivity contribution < 1.29 is 14.0 Å². The van der Waals surface area contributed by atoms with Gasteiger partial charge in [0.15, 0.2) is 0 Å². The van der Waals surface area contributed by atoms with Gasteiger partial charge < -0.3 is 10.2 Å². The molecule has 1 heterocycles. The number of hydrogen-bond donors (Lipinski definition) is 1. The van der Waals surface area contributed by atoms with Gasteiger partial charge >= 0.3 is 0 Å². The number of carbonyl (C=O) groups is 2. The Kier molecular flexibility index (Phi) is 4.37. The van der Waals surface area contributed by atoms with Crippen LogP contribution in [0.4, 0.5) is 4.39 Å². The number of aryl methyl sites for hydroxylation is 1. The van der Waals surface area contributed by atoms with Gasteiger partial charge in [0.1, 0.15) is 11.9 Å². The zero-order valence-corrected chi connectivity index (χ0v) is 11.8. The highest BCUT2D eigenvalue weighted by Gasteiger charge is 2.33. The van der Waals surface area contributed by atoms with Crippen molar-refractivity contribution in [1.29, 1.82) is 0 Å². The second-order valence-corrected chi connectivity index (χ2v) is 5.11. The van der Waals surface area contributed by atoms with Gasteiger partial charge in [0.05, 0.1) is 6.54 Å². The van der Waals surface area contributed by atoms with Crippen LogP contribution in [-0.2, 0) is 16.1 Å². The third-order valence-corrected chi connectivity index (χ3v) is 3.62. The van der Waals surface area contributed by atoms with Crippen molar-refractivity contribution in [3.05, 3.63) is 35.1 Å². The van der Waals surface area contributed by atoms with E-state index in [0.29, 0.717) is 13.0 Å². The first kappa shape index (κ1) is 14.5. The van der Waals surface area contributed by atoms with Crippen LogP contribution in [0.5, 0.6) is 0 Å². The summed E-state index contributed by atoms with van der Waals surface area (Å²) in [7, 11) is 0. The third kappa shape index (κ3) is 2.98. The van der Waals surface area contributed by atoms with Crippen molar-refractivity contribution in [2.75, 3.05) is 6.54 Å².